The summed E-state index contributed by atoms with van der Waals surface area (Å²) in [7, 11) is 1.55. The Morgan fingerprint density at radius 3 is 2.88 bits per heavy atom. The smallest absolute Gasteiger partial charge is 0.251 e. The molecule has 0 aliphatic rings. The van der Waals surface area contributed by atoms with E-state index in [1.807, 2.05) is 10.8 Å². The van der Waals surface area contributed by atoms with Crippen LogP contribution < -0.4 is 15.4 Å². The molecule has 0 fully saturated rings. The van der Waals surface area contributed by atoms with Crippen molar-refractivity contribution in [3.05, 3.63) is 48.5 Å². The normalized spacial score (nSPS) is 10.2. The van der Waals surface area contributed by atoms with Crippen LogP contribution in [0.3, 0.4) is 0 Å². The molecular weight excluding hydrogens is 308 g/mol. The lowest BCUT2D eigenvalue weighted by atomic mass is 10.2. The van der Waals surface area contributed by atoms with Crippen molar-refractivity contribution in [1.82, 2.24) is 20.2 Å². The van der Waals surface area contributed by atoms with E-state index in [4.69, 9.17) is 4.74 Å². The zero-order valence-electron chi connectivity index (χ0n) is 13.7. The topological polar surface area (TPSA) is 85.2 Å². The summed E-state index contributed by atoms with van der Waals surface area (Å²) in [5.41, 5.74) is 0.509. The fourth-order valence-corrected chi connectivity index (χ4v) is 2.15. The Kier molecular flexibility index (Phi) is 6.82. The van der Waals surface area contributed by atoms with Crippen molar-refractivity contribution in [3.8, 4) is 5.75 Å². The molecule has 0 aliphatic heterocycles. The number of aromatic nitrogens is 2. The predicted molar refractivity (Wildman–Crippen MR) is 89.8 cm³/mol. The number of rotatable bonds is 9. The SMILES string of the molecule is COc1cccc(C(=O)NCCC(=O)NCCCn2ccnc2)c1. The molecule has 128 valence electrons. The molecule has 2 aromatic rings. The van der Waals surface area contributed by atoms with E-state index in [1.54, 1.807) is 43.9 Å². The average molecular weight is 330 g/mol. The predicted octanol–water partition coefficient (Wildman–Crippen LogP) is 1.22. The van der Waals surface area contributed by atoms with Crippen LogP contribution in [0, 0.1) is 0 Å². The Bertz CT molecular complexity index is 656. The number of nitrogens with one attached hydrogen (secondary N) is 2. The second-order valence-corrected chi connectivity index (χ2v) is 5.24. The highest BCUT2D eigenvalue weighted by atomic mass is 16.5. The van der Waals surface area contributed by atoms with Crippen LogP contribution in [0.5, 0.6) is 5.75 Å². The number of carbonyl (C=O) groups is 2. The lowest BCUT2D eigenvalue weighted by molar-refractivity contribution is -0.120. The minimum Gasteiger partial charge on any atom is -0.497 e. The molecule has 2 amide bonds. The molecule has 0 radical (unpaired) electrons. The van der Waals surface area contributed by atoms with Gasteiger partial charge in [0.05, 0.1) is 13.4 Å². The number of methoxy groups -OCH3 is 1. The number of nitrogens with zero attached hydrogens (tertiary/aromatic N) is 2. The third-order valence-corrected chi connectivity index (χ3v) is 3.44. The van der Waals surface area contributed by atoms with Crippen LogP contribution in [0.4, 0.5) is 0 Å². The lowest BCUT2D eigenvalue weighted by Gasteiger charge is -2.08. The van der Waals surface area contributed by atoms with Gasteiger partial charge in [0.15, 0.2) is 0 Å². The summed E-state index contributed by atoms with van der Waals surface area (Å²) in [6.45, 7) is 1.71. The van der Waals surface area contributed by atoms with Crippen LogP contribution in [0.25, 0.3) is 0 Å². The Morgan fingerprint density at radius 1 is 1.25 bits per heavy atom. The highest BCUT2D eigenvalue weighted by Gasteiger charge is 2.07. The van der Waals surface area contributed by atoms with Gasteiger partial charge in [-0.15, -0.1) is 0 Å². The summed E-state index contributed by atoms with van der Waals surface area (Å²) < 4.78 is 7.04. The number of ether oxygens (including phenoxy) is 1. The maximum atomic E-state index is 12.0. The molecule has 0 unspecified atom stereocenters. The monoisotopic (exact) mass is 330 g/mol. The number of hydrogen-bond acceptors (Lipinski definition) is 4. The van der Waals surface area contributed by atoms with Gasteiger partial charge in [-0.05, 0) is 24.6 Å². The van der Waals surface area contributed by atoms with E-state index in [0.717, 1.165) is 13.0 Å². The van der Waals surface area contributed by atoms with E-state index in [-0.39, 0.29) is 18.2 Å². The van der Waals surface area contributed by atoms with Crippen molar-refractivity contribution in [2.45, 2.75) is 19.4 Å². The van der Waals surface area contributed by atoms with E-state index in [0.29, 0.717) is 24.4 Å². The van der Waals surface area contributed by atoms with Gasteiger partial charge in [-0.2, -0.15) is 0 Å². The third-order valence-electron chi connectivity index (χ3n) is 3.44. The van der Waals surface area contributed by atoms with Gasteiger partial charge in [0.25, 0.3) is 5.91 Å². The van der Waals surface area contributed by atoms with Crippen LogP contribution in [-0.2, 0) is 11.3 Å². The molecular formula is C17H22N4O3. The molecule has 1 aromatic heterocycles. The lowest BCUT2D eigenvalue weighted by Crippen LogP contribution is -2.31. The molecule has 0 saturated carbocycles. The van der Waals surface area contributed by atoms with E-state index in [9.17, 15) is 9.59 Å². The Hall–Kier alpha value is -2.83. The third kappa shape index (κ3) is 5.75. The van der Waals surface area contributed by atoms with Crippen LogP contribution in [0.1, 0.15) is 23.2 Å². The average Bonchev–Trinajstić information content (AvgIpc) is 3.12. The number of hydrogen-bond donors (Lipinski definition) is 2. The number of amides is 2. The Morgan fingerprint density at radius 2 is 2.12 bits per heavy atom. The Labute approximate surface area is 141 Å². The molecule has 7 heteroatoms. The van der Waals surface area contributed by atoms with Crippen LogP contribution in [0.2, 0.25) is 0 Å². The fraction of sp³-hybridized carbons (Fsp3) is 0.353. The zero-order chi connectivity index (χ0) is 17.2. The summed E-state index contributed by atoms with van der Waals surface area (Å²) >= 11 is 0. The quantitative estimate of drug-likeness (QED) is 0.677. The largest absolute Gasteiger partial charge is 0.497 e. The first-order chi connectivity index (χ1) is 11.7. The van der Waals surface area contributed by atoms with Gasteiger partial charge in [-0.25, -0.2) is 4.98 Å². The molecule has 1 heterocycles. The van der Waals surface area contributed by atoms with Gasteiger partial charge >= 0.3 is 0 Å². The minimum absolute atomic E-state index is 0.0772. The first-order valence-corrected chi connectivity index (χ1v) is 7.84. The highest BCUT2D eigenvalue weighted by Crippen LogP contribution is 2.12. The summed E-state index contributed by atoms with van der Waals surface area (Å²) in [5.74, 6) is 0.326. The first-order valence-electron chi connectivity index (χ1n) is 7.84. The molecule has 7 nitrogen and oxygen atoms in total. The molecule has 0 bridgehead atoms. The van der Waals surface area contributed by atoms with Crippen LogP contribution in [-0.4, -0.2) is 41.6 Å². The second kappa shape index (κ2) is 9.34. The van der Waals surface area contributed by atoms with Crippen molar-refractivity contribution in [1.29, 1.82) is 0 Å². The minimum atomic E-state index is -0.221. The molecule has 24 heavy (non-hydrogen) atoms. The molecule has 0 atom stereocenters. The van der Waals surface area contributed by atoms with E-state index in [1.165, 1.54) is 0 Å². The van der Waals surface area contributed by atoms with Crippen LogP contribution in [0.15, 0.2) is 43.0 Å². The molecule has 2 N–H and O–H groups in total. The summed E-state index contributed by atoms with van der Waals surface area (Å²) in [4.78, 5) is 27.7. The second-order valence-electron chi connectivity index (χ2n) is 5.24. The van der Waals surface area contributed by atoms with Crippen LogP contribution >= 0.6 is 0 Å². The van der Waals surface area contributed by atoms with E-state index >= 15 is 0 Å². The summed E-state index contributed by atoms with van der Waals surface area (Å²) in [5, 5.41) is 5.56. The summed E-state index contributed by atoms with van der Waals surface area (Å²) in [6.07, 6.45) is 6.44. The molecule has 0 aliphatic carbocycles. The Balaban J connectivity index is 1.60. The maximum Gasteiger partial charge on any atom is 0.251 e. The van der Waals surface area contributed by atoms with Crippen molar-refractivity contribution < 1.29 is 14.3 Å². The van der Waals surface area contributed by atoms with Gasteiger partial charge in [0, 0.05) is 44.0 Å². The van der Waals surface area contributed by atoms with E-state index in [2.05, 4.69) is 15.6 Å². The zero-order valence-corrected chi connectivity index (χ0v) is 13.7. The number of carbonyl (C=O) groups excluding carboxylic acids is 2. The number of imidazole rings is 1. The van der Waals surface area contributed by atoms with Crippen molar-refractivity contribution in [3.63, 3.8) is 0 Å². The van der Waals surface area contributed by atoms with E-state index < -0.39 is 0 Å². The molecule has 2 rings (SSSR count). The first kappa shape index (κ1) is 17.5. The summed E-state index contributed by atoms with van der Waals surface area (Å²) in [6, 6.07) is 6.88. The molecule has 0 spiro atoms. The fourth-order valence-electron chi connectivity index (χ4n) is 2.15. The van der Waals surface area contributed by atoms with Crippen molar-refractivity contribution in [2.75, 3.05) is 20.2 Å². The maximum absolute atomic E-state index is 12.0. The van der Waals surface area contributed by atoms with Gasteiger partial charge < -0.3 is 19.9 Å². The van der Waals surface area contributed by atoms with Gasteiger partial charge in [0.1, 0.15) is 5.75 Å². The molecule has 1 aromatic carbocycles. The standard InChI is InChI=1S/C17H22N4O3/c1-24-15-5-2-4-14(12-15)17(23)20-8-6-16(22)19-7-3-10-21-11-9-18-13-21/h2,4-5,9,11-13H,3,6-8,10H2,1H3,(H,19,22)(H,20,23). The number of aryl methyl sites for hydroxylation is 1. The highest BCUT2D eigenvalue weighted by molar-refractivity contribution is 5.94. The number of benzene rings is 1. The van der Waals surface area contributed by atoms with Crippen molar-refractivity contribution >= 4 is 11.8 Å². The van der Waals surface area contributed by atoms with Gasteiger partial charge in [-0.3, -0.25) is 9.59 Å². The van der Waals surface area contributed by atoms with Gasteiger partial charge in [0.2, 0.25) is 5.91 Å². The molecule has 0 saturated heterocycles. The van der Waals surface area contributed by atoms with Gasteiger partial charge in [-0.1, -0.05) is 6.07 Å². The van der Waals surface area contributed by atoms with Crippen molar-refractivity contribution in [2.24, 2.45) is 0 Å².